The van der Waals surface area contributed by atoms with E-state index in [9.17, 15) is 13.2 Å². The number of nitrogens with one attached hydrogen (secondary N) is 1. The Morgan fingerprint density at radius 2 is 1.83 bits per heavy atom. The molecule has 0 fully saturated rings. The molecule has 3 N–H and O–H groups in total. The van der Waals surface area contributed by atoms with Crippen molar-refractivity contribution in [1.82, 2.24) is 14.9 Å². The third-order valence-corrected chi connectivity index (χ3v) is 6.18. The molecule has 152 valence electrons. The lowest BCUT2D eigenvalue weighted by Crippen LogP contribution is -2.27. The summed E-state index contributed by atoms with van der Waals surface area (Å²) >= 11 is 7.26. The molecule has 29 heavy (non-hydrogen) atoms. The maximum atomic E-state index is 12.1. The third-order valence-electron chi connectivity index (χ3n) is 4.03. The first-order valence-corrected chi connectivity index (χ1v) is 11.5. The standard InChI is InChI=1S/C19H19ClN4O3S2/c20-15-3-5-16(6-4-15)24-12-11-23-19(24)28-13-18(25)22-10-9-14-1-7-17(8-2-14)29(21,26)27/h1-8,11-12H,9-10,13H2,(H,22,25)(H2,21,26,27). The molecular formula is C19H19ClN4O3S2. The molecule has 0 saturated heterocycles. The molecule has 3 aromatic rings. The van der Waals surface area contributed by atoms with Gasteiger partial charge in [-0.15, -0.1) is 0 Å². The normalized spacial score (nSPS) is 11.4. The highest BCUT2D eigenvalue weighted by Gasteiger charge is 2.10. The SMILES string of the molecule is NS(=O)(=O)c1ccc(CCNC(=O)CSc2nccn2-c2ccc(Cl)cc2)cc1. The minimum absolute atomic E-state index is 0.0675. The summed E-state index contributed by atoms with van der Waals surface area (Å²) in [6, 6.07) is 13.6. The van der Waals surface area contributed by atoms with Crippen molar-refractivity contribution in [2.24, 2.45) is 5.14 Å². The van der Waals surface area contributed by atoms with Crippen LogP contribution in [0.2, 0.25) is 5.02 Å². The first-order chi connectivity index (χ1) is 13.8. The lowest BCUT2D eigenvalue weighted by molar-refractivity contribution is -0.118. The number of carbonyl (C=O) groups is 1. The van der Waals surface area contributed by atoms with Crippen molar-refractivity contribution in [3.05, 3.63) is 71.5 Å². The summed E-state index contributed by atoms with van der Waals surface area (Å²) in [6.07, 6.45) is 4.09. The molecule has 0 aliphatic heterocycles. The molecule has 0 bridgehead atoms. The van der Waals surface area contributed by atoms with Crippen LogP contribution in [0.5, 0.6) is 0 Å². The molecule has 0 radical (unpaired) electrons. The fraction of sp³-hybridized carbons (Fsp3) is 0.158. The Kier molecular flexibility index (Phi) is 6.96. The minimum Gasteiger partial charge on any atom is -0.355 e. The van der Waals surface area contributed by atoms with Gasteiger partial charge in [0.15, 0.2) is 5.16 Å². The molecule has 3 rings (SSSR count). The van der Waals surface area contributed by atoms with E-state index in [-0.39, 0.29) is 16.6 Å². The van der Waals surface area contributed by atoms with Crippen LogP contribution in [0, 0.1) is 0 Å². The van der Waals surface area contributed by atoms with Crippen molar-refractivity contribution < 1.29 is 13.2 Å². The summed E-state index contributed by atoms with van der Waals surface area (Å²) in [4.78, 5) is 16.5. The Morgan fingerprint density at radius 1 is 1.14 bits per heavy atom. The van der Waals surface area contributed by atoms with Crippen molar-refractivity contribution in [2.75, 3.05) is 12.3 Å². The Bertz CT molecular complexity index is 1080. The van der Waals surface area contributed by atoms with Gasteiger partial charge in [-0.1, -0.05) is 35.5 Å². The smallest absolute Gasteiger partial charge is 0.238 e. The highest BCUT2D eigenvalue weighted by Crippen LogP contribution is 2.21. The molecule has 1 aromatic heterocycles. The number of benzene rings is 2. The molecule has 0 unspecified atom stereocenters. The number of thioether (sulfide) groups is 1. The molecule has 1 amide bonds. The predicted octanol–water partition coefficient (Wildman–Crippen LogP) is 2.62. The van der Waals surface area contributed by atoms with Crippen LogP contribution in [0.3, 0.4) is 0 Å². The number of amides is 1. The number of rotatable bonds is 8. The van der Waals surface area contributed by atoms with E-state index in [4.69, 9.17) is 16.7 Å². The summed E-state index contributed by atoms with van der Waals surface area (Å²) < 4.78 is 24.4. The highest BCUT2D eigenvalue weighted by atomic mass is 35.5. The first kappa shape index (κ1) is 21.4. The molecule has 0 aliphatic rings. The maximum absolute atomic E-state index is 12.1. The Balaban J connectivity index is 1.47. The molecule has 0 aliphatic carbocycles. The average molecular weight is 451 g/mol. The number of nitrogens with zero attached hydrogens (tertiary/aromatic N) is 2. The zero-order valence-corrected chi connectivity index (χ0v) is 17.7. The number of sulfonamides is 1. The fourth-order valence-corrected chi connectivity index (χ4v) is 4.01. The van der Waals surface area contributed by atoms with Gasteiger partial charge in [0.25, 0.3) is 0 Å². The van der Waals surface area contributed by atoms with Crippen LogP contribution in [-0.4, -0.2) is 36.2 Å². The summed E-state index contributed by atoms with van der Waals surface area (Å²) in [7, 11) is -3.70. The molecule has 0 atom stereocenters. The quantitative estimate of drug-likeness (QED) is 0.513. The van der Waals surface area contributed by atoms with Crippen LogP contribution in [0.4, 0.5) is 0 Å². The number of nitrogens with two attached hydrogens (primary N) is 1. The summed E-state index contributed by atoms with van der Waals surface area (Å²) in [5.74, 6) is 0.122. The van der Waals surface area contributed by atoms with E-state index < -0.39 is 10.0 Å². The number of hydrogen-bond acceptors (Lipinski definition) is 5. The summed E-state index contributed by atoms with van der Waals surface area (Å²) in [5.41, 5.74) is 1.82. The molecule has 0 saturated carbocycles. The van der Waals surface area contributed by atoms with Crippen LogP contribution < -0.4 is 10.5 Å². The lowest BCUT2D eigenvalue weighted by atomic mass is 10.1. The number of hydrogen-bond donors (Lipinski definition) is 2. The van der Waals surface area contributed by atoms with Crippen LogP contribution in [0.15, 0.2) is 71.0 Å². The maximum Gasteiger partial charge on any atom is 0.238 e. The van der Waals surface area contributed by atoms with Gasteiger partial charge in [-0.2, -0.15) is 0 Å². The molecule has 2 aromatic carbocycles. The van der Waals surface area contributed by atoms with Gasteiger partial charge >= 0.3 is 0 Å². The Hall–Kier alpha value is -2.33. The first-order valence-electron chi connectivity index (χ1n) is 8.63. The van der Waals surface area contributed by atoms with Crippen molar-refractivity contribution in [2.45, 2.75) is 16.5 Å². The van der Waals surface area contributed by atoms with E-state index in [1.165, 1.54) is 23.9 Å². The second-order valence-corrected chi connectivity index (χ2v) is 9.07. The molecule has 1 heterocycles. The van der Waals surface area contributed by atoms with Crippen LogP contribution in [-0.2, 0) is 21.2 Å². The van der Waals surface area contributed by atoms with Crippen LogP contribution >= 0.6 is 23.4 Å². The van der Waals surface area contributed by atoms with Crippen molar-refractivity contribution in [3.63, 3.8) is 0 Å². The Morgan fingerprint density at radius 3 is 2.48 bits per heavy atom. The van der Waals surface area contributed by atoms with Crippen molar-refractivity contribution >= 4 is 39.3 Å². The average Bonchev–Trinajstić information content (AvgIpc) is 3.15. The number of aromatic nitrogens is 2. The summed E-state index contributed by atoms with van der Waals surface area (Å²) in [5, 5.41) is 9.29. The third kappa shape index (κ3) is 6.07. The molecular weight excluding hydrogens is 432 g/mol. The van der Waals surface area contributed by atoms with Gasteiger partial charge in [-0.3, -0.25) is 9.36 Å². The largest absolute Gasteiger partial charge is 0.355 e. The van der Waals surface area contributed by atoms with E-state index in [0.717, 1.165) is 11.3 Å². The van der Waals surface area contributed by atoms with Gasteiger partial charge in [0, 0.05) is 29.6 Å². The zero-order chi connectivity index (χ0) is 20.9. The van der Waals surface area contributed by atoms with E-state index in [1.807, 2.05) is 22.9 Å². The number of halogens is 1. The van der Waals surface area contributed by atoms with Gasteiger partial charge in [-0.05, 0) is 48.4 Å². The van der Waals surface area contributed by atoms with Gasteiger partial charge < -0.3 is 5.32 Å². The van der Waals surface area contributed by atoms with E-state index in [2.05, 4.69) is 10.3 Å². The van der Waals surface area contributed by atoms with E-state index >= 15 is 0 Å². The predicted molar refractivity (Wildman–Crippen MR) is 114 cm³/mol. The molecule has 10 heteroatoms. The number of imidazole rings is 1. The monoisotopic (exact) mass is 450 g/mol. The van der Waals surface area contributed by atoms with Crippen LogP contribution in [0.25, 0.3) is 5.69 Å². The van der Waals surface area contributed by atoms with E-state index in [1.54, 1.807) is 30.5 Å². The van der Waals surface area contributed by atoms with Gasteiger partial charge in [0.05, 0.1) is 10.6 Å². The molecule has 7 nitrogen and oxygen atoms in total. The Labute approximate surface area is 178 Å². The van der Waals surface area contributed by atoms with Crippen molar-refractivity contribution in [1.29, 1.82) is 0 Å². The van der Waals surface area contributed by atoms with Gasteiger partial charge in [-0.25, -0.2) is 18.5 Å². The van der Waals surface area contributed by atoms with Crippen LogP contribution in [0.1, 0.15) is 5.56 Å². The van der Waals surface area contributed by atoms with Crippen molar-refractivity contribution in [3.8, 4) is 5.69 Å². The minimum atomic E-state index is -3.70. The van der Waals surface area contributed by atoms with E-state index in [0.29, 0.717) is 23.1 Å². The second-order valence-electron chi connectivity index (χ2n) is 6.13. The topological polar surface area (TPSA) is 107 Å². The zero-order valence-electron chi connectivity index (χ0n) is 15.3. The number of primary sulfonamides is 1. The summed E-state index contributed by atoms with van der Waals surface area (Å²) in [6.45, 7) is 0.444. The molecule has 0 spiro atoms. The van der Waals surface area contributed by atoms with Gasteiger partial charge in [0.2, 0.25) is 15.9 Å². The second kappa shape index (κ2) is 9.45. The lowest BCUT2D eigenvalue weighted by Gasteiger charge is -2.08. The fourth-order valence-electron chi connectivity index (χ4n) is 2.57. The highest BCUT2D eigenvalue weighted by molar-refractivity contribution is 7.99. The number of carbonyl (C=O) groups excluding carboxylic acids is 1. The van der Waals surface area contributed by atoms with Gasteiger partial charge in [0.1, 0.15) is 0 Å².